The molecule has 1 aromatic heterocycles. The summed E-state index contributed by atoms with van der Waals surface area (Å²) in [6.07, 6.45) is -9.89. The molecule has 0 aromatic carbocycles. The van der Waals surface area contributed by atoms with Crippen molar-refractivity contribution >= 4 is 15.6 Å². The molecule has 0 radical (unpaired) electrons. The van der Waals surface area contributed by atoms with E-state index in [1.54, 1.807) is 0 Å². The third kappa shape index (κ3) is 6.75. The number of nitrogens with two attached hydrogens (primary N) is 1. The zero-order valence-corrected chi connectivity index (χ0v) is 20.4. The molecule has 3 heterocycles. The Balaban J connectivity index is 1.75. The Morgan fingerprint density at radius 3 is 2.44 bits per heavy atom. The summed E-state index contributed by atoms with van der Waals surface area (Å²) in [6, 6.07) is -1.29. The number of aromatic nitrogens is 2. The Bertz CT molecular complexity index is 1130. The summed E-state index contributed by atoms with van der Waals surface area (Å²) in [4.78, 5) is 44.0. The summed E-state index contributed by atoms with van der Waals surface area (Å²) in [5, 5.41) is 39.7. The van der Waals surface area contributed by atoms with Gasteiger partial charge in [0, 0.05) is 18.2 Å². The van der Waals surface area contributed by atoms with E-state index < -0.39 is 89.2 Å². The number of H-pyrrole nitrogens is 1. The lowest BCUT2D eigenvalue weighted by Crippen LogP contribution is -2.62. The van der Waals surface area contributed by atoms with Crippen LogP contribution in [0.25, 0.3) is 0 Å². The highest BCUT2D eigenvalue weighted by atomic mass is 31.3. The first-order chi connectivity index (χ1) is 16.6. The Hall–Kier alpha value is -1.34. The van der Waals surface area contributed by atoms with Crippen molar-refractivity contribution in [3.05, 3.63) is 32.6 Å². The van der Waals surface area contributed by atoms with Crippen LogP contribution >= 0.6 is 15.6 Å². The third-order valence-corrected chi connectivity index (χ3v) is 8.02. The van der Waals surface area contributed by atoms with Crippen molar-refractivity contribution in [3.8, 4) is 0 Å². The molecule has 0 bridgehead atoms. The number of aromatic amines is 1. The fraction of sp³-hybridized carbons (Fsp3) is 0.750. The minimum atomic E-state index is -5.55. The number of aliphatic hydroxyl groups excluding tert-OH is 4. The van der Waals surface area contributed by atoms with Gasteiger partial charge < -0.3 is 45.4 Å². The van der Waals surface area contributed by atoms with Crippen LogP contribution in [0.1, 0.15) is 18.2 Å². The number of nitrogens with one attached hydrogen (secondary N) is 1. The van der Waals surface area contributed by atoms with Crippen LogP contribution in [0.3, 0.4) is 0 Å². The van der Waals surface area contributed by atoms with Gasteiger partial charge in [-0.1, -0.05) is 0 Å². The van der Waals surface area contributed by atoms with Gasteiger partial charge in [0.15, 0.2) is 6.29 Å². The number of phosphoric ester groups is 1. The molecule has 0 amide bonds. The van der Waals surface area contributed by atoms with Crippen molar-refractivity contribution in [3.63, 3.8) is 0 Å². The molecule has 18 nitrogen and oxygen atoms in total. The molecule has 9 N–H and O–H groups in total. The molecular weight excluding hydrogens is 536 g/mol. The monoisotopic (exact) mass is 563 g/mol. The molecule has 2 fully saturated rings. The molecule has 2 unspecified atom stereocenters. The van der Waals surface area contributed by atoms with E-state index in [1.165, 1.54) is 13.1 Å². The van der Waals surface area contributed by atoms with Gasteiger partial charge in [-0.2, -0.15) is 4.31 Å². The molecule has 3 rings (SSSR count). The number of hydrogen-bond donors (Lipinski definition) is 8. The summed E-state index contributed by atoms with van der Waals surface area (Å²) in [6.45, 7) is -0.191. The Morgan fingerprint density at radius 2 is 1.83 bits per heavy atom. The first-order valence-electron chi connectivity index (χ1n) is 10.4. The summed E-state index contributed by atoms with van der Waals surface area (Å²) in [5.74, 6) is 0. The van der Waals surface area contributed by atoms with Gasteiger partial charge in [-0.3, -0.25) is 23.4 Å². The van der Waals surface area contributed by atoms with Gasteiger partial charge >= 0.3 is 21.3 Å². The topological polar surface area (TPSA) is 283 Å². The van der Waals surface area contributed by atoms with Gasteiger partial charge in [0.05, 0.1) is 25.4 Å². The fourth-order valence-electron chi connectivity index (χ4n) is 3.54. The highest BCUT2D eigenvalue weighted by molar-refractivity contribution is 7.61. The maximum absolute atomic E-state index is 13.0. The van der Waals surface area contributed by atoms with E-state index in [0.717, 1.165) is 4.57 Å². The maximum atomic E-state index is 13.0. The summed E-state index contributed by atoms with van der Waals surface area (Å²) in [5.41, 5.74) is 4.32. The van der Waals surface area contributed by atoms with E-state index in [-0.39, 0.29) is 12.0 Å². The minimum absolute atomic E-state index is 0.175. The van der Waals surface area contributed by atoms with Crippen LogP contribution in [0, 0.1) is 6.92 Å². The van der Waals surface area contributed by atoms with E-state index >= 15 is 0 Å². The molecule has 2 aliphatic rings. The van der Waals surface area contributed by atoms with Crippen molar-refractivity contribution in [2.75, 3.05) is 13.2 Å². The van der Waals surface area contributed by atoms with E-state index in [9.17, 15) is 39.1 Å². The number of rotatable bonds is 9. The Morgan fingerprint density at radius 1 is 1.17 bits per heavy atom. The lowest BCUT2D eigenvalue weighted by Gasteiger charge is -2.40. The van der Waals surface area contributed by atoms with Crippen molar-refractivity contribution in [1.82, 2.24) is 9.55 Å². The smallest absolute Gasteiger partial charge is 0.394 e. The highest BCUT2D eigenvalue weighted by Gasteiger charge is 2.49. The second-order valence-corrected chi connectivity index (χ2v) is 11.1. The zero-order valence-electron chi connectivity index (χ0n) is 18.6. The molecule has 36 heavy (non-hydrogen) atoms. The summed E-state index contributed by atoms with van der Waals surface area (Å²) in [7, 11) is -10.9. The van der Waals surface area contributed by atoms with E-state index in [0.29, 0.717) is 0 Å². The number of ether oxygens (including phenoxy) is 2. The van der Waals surface area contributed by atoms with Gasteiger partial charge in [-0.25, -0.2) is 13.9 Å². The summed E-state index contributed by atoms with van der Waals surface area (Å²) < 4.78 is 49.9. The Kier molecular flexibility index (Phi) is 9.08. The maximum Gasteiger partial charge on any atom is 0.486 e. The highest BCUT2D eigenvalue weighted by Crippen LogP contribution is 2.62. The molecular formula is C16H27N3O15P2. The van der Waals surface area contributed by atoms with Crippen LogP contribution in [0.4, 0.5) is 0 Å². The molecule has 20 heteroatoms. The molecule has 9 atom stereocenters. The van der Waals surface area contributed by atoms with Crippen molar-refractivity contribution in [2.24, 2.45) is 5.73 Å². The summed E-state index contributed by atoms with van der Waals surface area (Å²) >= 11 is 0. The first kappa shape index (κ1) is 29.2. The molecule has 2 aliphatic heterocycles. The van der Waals surface area contributed by atoms with Gasteiger partial charge in [0.25, 0.3) is 5.56 Å². The van der Waals surface area contributed by atoms with E-state index in [2.05, 4.69) is 9.29 Å². The normalized spacial score (nSPS) is 35.0. The van der Waals surface area contributed by atoms with E-state index in [1.807, 2.05) is 0 Å². The molecule has 2 saturated heterocycles. The second-order valence-electron chi connectivity index (χ2n) is 8.12. The van der Waals surface area contributed by atoms with Crippen LogP contribution in [-0.2, 0) is 32.0 Å². The van der Waals surface area contributed by atoms with Crippen LogP contribution in [0.2, 0.25) is 0 Å². The van der Waals surface area contributed by atoms with Gasteiger partial charge in [-0.15, -0.1) is 0 Å². The van der Waals surface area contributed by atoms with Crippen LogP contribution in [0.5, 0.6) is 0 Å². The second kappa shape index (κ2) is 11.2. The molecule has 1 aromatic rings. The lowest BCUT2D eigenvalue weighted by molar-refractivity contribution is -0.252. The quantitative estimate of drug-likeness (QED) is 0.135. The van der Waals surface area contributed by atoms with Crippen LogP contribution in [0.15, 0.2) is 15.8 Å². The standard InChI is InChI=1S/C16H27N3O15P2/c1-6-3-19(16(25)18-14(6)24)10-2-7(21)9(31-10)5-30-36(29,34-35(26,27)28)33-15-13(23)12(22)11(17)8(4-20)32-15/h3,7-13,15,20-23H,2,4-5,17H2,1H3,(H,18,24,25)(H2,26,27,28)/t7?,8-,9-,10-,11-,12+,13-,15+,36?/m1/s1. The SMILES string of the molecule is Cc1cn([C@H]2CC(O)[C@@H](COP(=O)(O[C@@H]3O[C@H](CO)[C@@H](N)[C@H](O)[C@H]3O)OP(=O)(O)O)O2)c(=O)[nH]c1=O. The number of aryl methyl sites for hydroxylation is 1. The van der Waals surface area contributed by atoms with Crippen LogP contribution < -0.4 is 17.0 Å². The van der Waals surface area contributed by atoms with Crippen LogP contribution in [-0.4, -0.2) is 95.8 Å². The number of hydrogen-bond acceptors (Lipinski definition) is 14. The first-order valence-corrected chi connectivity index (χ1v) is 13.4. The number of nitrogens with zero attached hydrogens (tertiary/aromatic N) is 1. The third-order valence-electron chi connectivity index (χ3n) is 5.44. The zero-order chi connectivity index (χ0) is 27.0. The van der Waals surface area contributed by atoms with Crippen molar-refractivity contribution in [1.29, 1.82) is 0 Å². The number of aliphatic hydroxyl groups is 4. The molecule has 206 valence electrons. The van der Waals surface area contributed by atoms with E-state index in [4.69, 9.17) is 34.0 Å². The molecule has 0 spiro atoms. The Labute approximate surface area is 202 Å². The van der Waals surface area contributed by atoms with Gasteiger partial charge in [-0.05, 0) is 6.92 Å². The molecule has 0 aliphatic carbocycles. The van der Waals surface area contributed by atoms with Gasteiger partial charge in [0.1, 0.15) is 30.6 Å². The predicted octanol–water partition coefficient (Wildman–Crippen LogP) is -3.49. The lowest BCUT2D eigenvalue weighted by atomic mass is 9.97. The van der Waals surface area contributed by atoms with Crippen molar-refractivity contribution in [2.45, 2.75) is 62.4 Å². The average molecular weight is 563 g/mol. The number of phosphoric acid groups is 2. The largest absolute Gasteiger partial charge is 0.486 e. The average Bonchev–Trinajstić information content (AvgIpc) is 3.14. The van der Waals surface area contributed by atoms with Gasteiger partial charge in [0.2, 0.25) is 0 Å². The fourth-order valence-corrected chi connectivity index (χ4v) is 5.74. The predicted molar refractivity (Wildman–Crippen MR) is 114 cm³/mol. The molecule has 0 saturated carbocycles. The minimum Gasteiger partial charge on any atom is -0.394 e. The van der Waals surface area contributed by atoms with Crippen molar-refractivity contribution < 1.29 is 62.2 Å².